The van der Waals surface area contributed by atoms with Gasteiger partial charge in [-0.25, -0.2) is 0 Å². The first-order valence-corrected chi connectivity index (χ1v) is 12.5. The molecule has 104 valence electrons. The van der Waals surface area contributed by atoms with Crippen LogP contribution in [0.3, 0.4) is 0 Å². The summed E-state index contributed by atoms with van der Waals surface area (Å²) in [5, 5.41) is 0. The van der Waals surface area contributed by atoms with Gasteiger partial charge in [-0.3, -0.25) is 4.79 Å². The smallest absolute Gasteiger partial charge is 0.308 e. The van der Waals surface area contributed by atoms with Crippen molar-refractivity contribution in [3.8, 4) is 0 Å². The first-order chi connectivity index (χ1) is 8.28. The predicted octanol–water partition coefficient (Wildman–Crippen LogP) is 2.89. The van der Waals surface area contributed by atoms with Gasteiger partial charge in [0.05, 0.1) is 11.8 Å². The number of esters is 1. The second-order valence-electron chi connectivity index (χ2n) is 5.76. The van der Waals surface area contributed by atoms with Crippen LogP contribution in [0.2, 0.25) is 37.8 Å². The minimum atomic E-state index is -1.96. The highest BCUT2D eigenvalue weighted by Crippen LogP contribution is 2.39. The number of carbonyl (C=O) groups is 1. The molecule has 18 heavy (non-hydrogen) atoms. The lowest BCUT2D eigenvalue weighted by Crippen LogP contribution is -2.54. The molecular formula is C12H24O4Si2. The molecule has 1 fully saturated rings. The van der Waals surface area contributed by atoms with E-state index in [1.807, 2.05) is 0 Å². The number of ether oxygens (including phenoxy) is 2. The number of rotatable bonds is 5. The Balaban J connectivity index is 2.50. The maximum absolute atomic E-state index is 12.1. The SMILES string of the molecule is C=COCCOC(=O)C1CC[Si](C)(C)O[Si]1(C)C. The standard InChI is InChI=1S/C12H24O4Si2/c1-6-14-8-9-15-12(13)11-7-10-17(2,3)16-18(11,4)5/h6,11H,1,7-10H2,2-5H3. The molecule has 0 bridgehead atoms. The third kappa shape index (κ3) is 4.26. The Morgan fingerprint density at radius 1 is 1.39 bits per heavy atom. The van der Waals surface area contributed by atoms with E-state index in [-0.39, 0.29) is 18.1 Å². The van der Waals surface area contributed by atoms with Crippen molar-refractivity contribution in [3.63, 3.8) is 0 Å². The molecule has 1 aliphatic heterocycles. The van der Waals surface area contributed by atoms with Crippen LogP contribution < -0.4 is 0 Å². The molecule has 1 heterocycles. The molecular weight excluding hydrogens is 264 g/mol. The van der Waals surface area contributed by atoms with Crippen molar-refractivity contribution in [1.82, 2.24) is 0 Å². The van der Waals surface area contributed by atoms with Gasteiger partial charge in [0.15, 0.2) is 16.6 Å². The van der Waals surface area contributed by atoms with Gasteiger partial charge in [0.25, 0.3) is 0 Å². The normalized spacial score (nSPS) is 25.2. The molecule has 1 saturated heterocycles. The van der Waals surface area contributed by atoms with Crippen molar-refractivity contribution < 1.29 is 18.4 Å². The predicted molar refractivity (Wildman–Crippen MR) is 76.3 cm³/mol. The average Bonchev–Trinajstić information content (AvgIpc) is 2.21. The summed E-state index contributed by atoms with van der Waals surface area (Å²) in [6.45, 7) is 12.8. The van der Waals surface area contributed by atoms with Gasteiger partial charge in [-0.2, -0.15) is 0 Å². The summed E-state index contributed by atoms with van der Waals surface area (Å²) in [7, 11) is -3.50. The van der Waals surface area contributed by atoms with Crippen LogP contribution in [-0.2, 0) is 18.4 Å². The lowest BCUT2D eigenvalue weighted by molar-refractivity contribution is -0.145. The highest BCUT2D eigenvalue weighted by molar-refractivity contribution is 6.88. The largest absolute Gasteiger partial charge is 0.498 e. The van der Waals surface area contributed by atoms with Crippen molar-refractivity contribution in [1.29, 1.82) is 0 Å². The van der Waals surface area contributed by atoms with Gasteiger partial charge in [0, 0.05) is 0 Å². The van der Waals surface area contributed by atoms with Crippen LogP contribution in [0, 0.1) is 0 Å². The summed E-state index contributed by atoms with van der Waals surface area (Å²) in [5.74, 6) is -0.121. The molecule has 0 aromatic carbocycles. The molecule has 0 aromatic heterocycles. The minimum absolute atomic E-state index is 0.0400. The first kappa shape index (κ1) is 15.5. The molecule has 1 unspecified atom stereocenters. The maximum atomic E-state index is 12.1. The van der Waals surface area contributed by atoms with Crippen LogP contribution >= 0.6 is 0 Å². The molecule has 0 saturated carbocycles. The topological polar surface area (TPSA) is 44.8 Å². The summed E-state index contributed by atoms with van der Waals surface area (Å²) >= 11 is 0. The Labute approximate surface area is 112 Å². The zero-order valence-electron chi connectivity index (χ0n) is 11.8. The summed E-state index contributed by atoms with van der Waals surface area (Å²) in [6, 6.07) is 1.03. The van der Waals surface area contributed by atoms with Crippen LogP contribution in [-0.4, -0.2) is 35.8 Å². The van der Waals surface area contributed by atoms with Gasteiger partial charge < -0.3 is 13.6 Å². The zero-order chi connectivity index (χ0) is 13.8. The van der Waals surface area contributed by atoms with Crippen LogP contribution in [0.15, 0.2) is 12.8 Å². The summed E-state index contributed by atoms with van der Waals surface area (Å²) in [6.07, 6.45) is 2.27. The van der Waals surface area contributed by atoms with Gasteiger partial charge in [-0.15, -0.1) is 0 Å². The Morgan fingerprint density at radius 3 is 2.61 bits per heavy atom. The van der Waals surface area contributed by atoms with Crippen molar-refractivity contribution in [2.75, 3.05) is 13.2 Å². The monoisotopic (exact) mass is 288 g/mol. The lowest BCUT2D eigenvalue weighted by atomic mass is 10.3. The van der Waals surface area contributed by atoms with E-state index >= 15 is 0 Å². The molecule has 0 amide bonds. The number of hydrogen-bond acceptors (Lipinski definition) is 4. The second-order valence-corrected chi connectivity index (χ2v) is 14.5. The van der Waals surface area contributed by atoms with Crippen molar-refractivity contribution in [2.45, 2.75) is 44.2 Å². The Bertz CT molecular complexity index is 315. The van der Waals surface area contributed by atoms with Gasteiger partial charge in [-0.1, -0.05) is 6.58 Å². The Morgan fingerprint density at radius 2 is 2.06 bits per heavy atom. The molecule has 0 radical (unpaired) electrons. The summed E-state index contributed by atoms with van der Waals surface area (Å²) in [4.78, 5) is 12.1. The molecule has 1 rings (SSSR count). The van der Waals surface area contributed by atoms with Crippen LogP contribution in [0.1, 0.15) is 6.42 Å². The van der Waals surface area contributed by atoms with Crippen LogP contribution in [0.5, 0.6) is 0 Å². The number of hydrogen-bond donors (Lipinski definition) is 0. The van der Waals surface area contributed by atoms with E-state index in [4.69, 9.17) is 13.6 Å². The third-order valence-corrected chi connectivity index (χ3v) is 11.3. The quantitative estimate of drug-likeness (QED) is 0.338. The third-order valence-electron chi connectivity index (χ3n) is 3.26. The lowest BCUT2D eigenvalue weighted by Gasteiger charge is -2.43. The highest BCUT2D eigenvalue weighted by Gasteiger charge is 2.48. The average molecular weight is 288 g/mol. The second kappa shape index (κ2) is 6.03. The Hall–Kier alpha value is -0.596. The molecule has 6 heteroatoms. The van der Waals surface area contributed by atoms with Crippen LogP contribution in [0.25, 0.3) is 0 Å². The summed E-state index contributed by atoms with van der Waals surface area (Å²) < 4.78 is 16.4. The fraction of sp³-hybridized carbons (Fsp3) is 0.750. The van der Waals surface area contributed by atoms with E-state index in [1.54, 1.807) is 0 Å². The van der Waals surface area contributed by atoms with Gasteiger partial charge in [-0.05, 0) is 38.7 Å². The molecule has 1 atom stereocenters. The fourth-order valence-electron chi connectivity index (χ4n) is 2.45. The van der Waals surface area contributed by atoms with E-state index in [0.29, 0.717) is 6.61 Å². The van der Waals surface area contributed by atoms with Crippen LogP contribution in [0.4, 0.5) is 0 Å². The maximum Gasteiger partial charge on any atom is 0.308 e. The Kier molecular flexibility index (Phi) is 5.18. The van der Waals surface area contributed by atoms with E-state index < -0.39 is 16.6 Å². The minimum Gasteiger partial charge on any atom is -0.498 e. The number of carbonyl (C=O) groups excluding carboxylic acids is 1. The van der Waals surface area contributed by atoms with E-state index in [2.05, 4.69) is 32.8 Å². The molecule has 0 aliphatic carbocycles. The molecule has 1 aliphatic rings. The van der Waals surface area contributed by atoms with E-state index in [1.165, 1.54) is 6.26 Å². The zero-order valence-corrected chi connectivity index (χ0v) is 13.8. The van der Waals surface area contributed by atoms with Gasteiger partial charge >= 0.3 is 5.97 Å². The van der Waals surface area contributed by atoms with E-state index in [9.17, 15) is 4.79 Å². The van der Waals surface area contributed by atoms with Crippen molar-refractivity contribution >= 4 is 22.6 Å². The van der Waals surface area contributed by atoms with Crippen molar-refractivity contribution in [3.05, 3.63) is 12.8 Å². The molecule has 0 spiro atoms. The van der Waals surface area contributed by atoms with Crippen molar-refractivity contribution in [2.24, 2.45) is 0 Å². The van der Waals surface area contributed by atoms with E-state index in [0.717, 1.165) is 12.5 Å². The highest BCUT2D eigenvalue weighted by atomic mass is 28.4. The van der Waals surface area contributed by atoms with Gasteiger partial charge in [0.2, 0.25) is 0 Å². The first-order valence-electron chi connectivity index (χ1n) is 6.38. The molecule has 0 N–H and O–H groups in total. The molecule has 4 nitrogen and oxygen atoms in total. The molecule has 0 aromatic rings. The van der Waals surface area contributed by atoms with Gasteiger partial charge in [0.1, 0.15) is 13.2 Å². The fourth-order valence-corrected chi connectivity index (χ4v) is 11.9. The summed E-state index contributed by atoms with van der Waals surface area (Å²) in [5.41, 5.74) is -0.0400.